The minimum Gasteiger partial charge on any atom is -0.497 e. The zero-order chi connectivity index (χ0) is 20.7. The van der Waals surface area contributed by atoms with Crippen molar-refractivity contribution in [2.75, 3.05) is 7.11 Å². The molecule has 0 amide bonds. The first-order valence-electron chi connectivity index (χ1n) is 10.5. The van der Waals surface area contributed by atoms with E-state index in [1.807, 2.05) is 18.2 Å². The zero-order valence-corrected chi connectivity index (χ0v) is 17.6. The molecule has 0 N–H and O–H groups in total. The average molecular weight is 399 g/mol. The van der Waals surface area contributed by atoms with Crippen LogP contribution >= 0.6 is 0 Å². The van der Waals surface area contributed by atoms with Gasteiger partial charge in [0.25, 0.3) is 0 Å². The van der Waals surface area contributed by atoms with Crippen LogP contribution in [0.4, 0.5) is 0 Å². The highest BCUT2D eigenvalue weighted by atomic mass is 16.5. The average Bonchev–Trinajstić information content (AvgIpc) is 3.25. The minimum atomic E-state index is -0.252. The molecule has 2 atom stereocenters. The van der Waals surface area contributed by atoms with Gasteiger partial charge in [0.1, 0.15) is 11.5 Å². The lowest BCUT2D eigenvalue weighted by molar-refractivity contribution is -0.0191. The molecule has 152 valence electrons. The summed E-state index contributed by atoms with van der Waals surface area (Å²) in [4.78, 5) is 0. The van der Waals surface area contributed by atoms with Crippen molar-refractivity contribution in [1.82, 2.24) is 5.01 Å². The van der Waals surface area contributed by atoms with Crippen LogP contribution < -0.4 is 9.47 Å². The molecule has 0 fully saturated rings. The zero-order valence-electron chi connectivity index (χ0n) is 17.6. The van der Waals surface area contributed by atoms with Crippen LogP contribution in [0.3, 0.4) is 0 Å². The number of benzene rings is 3. The van der Waals surface area contributed by atoms with Gasteiger partial charge in [-0.3, -0.25) is 0 Å². The van der Waals surface area contributed by atoms with Gasteiger partial charge in [-0.05, 0) is 35.2 Å². The largest absolute Gasteiger partial charge is 0.497 e. The molecule has 0 bridgehead atoms. The van der Waals surface area contributed by atoms with Crippen LogP contribution in [0.2, 0.25) is 0 Å². The van der Waals surface area contributed by atoms with E-state index in [4.69, 9.17) is 14.6 Å². The predicted octanol–water partition coefficient (Wildman–Crippen LogP) is 6.06. The molecule has 2 heterocycles. The highest BCUT2D eigenvalue weighted by Crippen LogP contribution is 2.48. The predicted molar refractivity (Wildman–Crippen MR) is 119 cm³/mol. The summed E-state index contributed by atoms with van der Waals surface area (Å²) < 4.78 is 12.0. The summed E-state index contributed by atoms with van der Waals surface area (Å²) in [5.74, 6) is 2.24. The Kier molecular flexibility index (Phi) is 4.70. The summed E-state index contributed by atoms with van der Waals surface area (Å²) >= 11 is 0. The maximum Gasteiger partial charge on any atom is 0.213 e. The van der Waals surface area contributed by atoms with Crippen molar-refractivity contribution in [2.24, 2.45) is 5.10 Å². The summed E-state index contributed by atoms with van der Waals surface area (Å²) in [6.45, 7) is 4.42. The van der Waals surface area contributed by atoms with Crippen LogP contribution in [-0.4, -0.2) is 17.8 Å². The fourth-order valence-electron chi connectivity index (χ4n) is 4.26. The molecule has 2 aliphatic rings. The Labute approximate surface area is 177 Å². The second-order valence-electron chi connectivity index (χ2n) is 8.21. The van der Waals surface area contributed by atoms with Crippen LogP contribution in [0.25, 0.3) is 0 Å². The van der Waals surface area contributed by atoms with E-state index in [1.54, 1.807) is 7.11 Å². The van der Waals surface area contributed by atoms with E-state index in [0.29, 0.717) is 5.92 Å². The Hall–Kier alpha value is -3.27. The number of hydrazone groups is 1. The molecule has 4 heteroatoms. The van der Waals surface area contributed by atoms with Gasteiger partial charge in [0.15, 0.2) is 0 Å². The van der Waals surface area contributed by atoms with E-state index in [2.05, 4.69) is 73.5 Å². The Morgan fingerprint density at radius 1 is 1.00 bits per heavy atom. The molecule has 2 aliphatic heterocycles. The van der Waals surface area contributed by atoms with Crippen molar-refractivity contribution in [3.63, 3.8) is 0 Å². The van der Waals surface area contributed by atoms with Gasteiger partial charge in [-0.15, -0.1) is 0 Å². The molecule has 0 spiro atoms. The SMILES string of the molecule is COc1ccc2c(c1)[C@@H]1CC(c3ccccc3)=NN1[C@@H](c1ccc(C(C)C)cc1)O2. The molecule has 0 aliphatic carbocycles. The Morgan fingerprint density at radius 2 is 1.77 bits per heavy atom. The summed E-state index contributed by atoms with van der Waals surface area (Å²) in [6, 6.07) is 25.3. The number of ether oxygens (including phenoxy) is 2. The molecule has 30 heavy (non-hydrogen) atoms. The quantitative estimate of drug-likeness (QED) is 0.536. The van der Waals surface area contributed by atoms with Crippen LogP contribution in [-0.2, 0) is 0 Å². The maximum atomic E-state index is 6.48. The summed E-state index contributed by atoms with van der Waals surface area (Å²) in [7, 11) is 1.70. The van der Waals surface area contributed by atoms with Gasteiger partial charge in [-0.1, -0.05) is 68.4 Å². The van der Waals surface area contributed by atoms with Gasteiger partial charge in [0, 0.05) is 17.5 Å². The van der Waals surface area contributed by atoms with E-state index in [1.165, 1.54) is 5.56 Å². The molecular formula is C26H26N2O2. The van der Waals surface area contributed by atoms with Crippen molar-refractivity contribution in [3.05, 3.63) is 95.1 Å². The number of methoxy groups -OCH3 is 1. The van der Waals surface area contributed by atoms with E-state index in [9.17, 15) is 0 Å². The van der Waals surface area contributed by atoms with Gasteiger partial charge >= 0.3 is 0 Å². The van der Waals surface area contributed by atoms with Gasteiger partial charge in [-0.25, -0.2) is 5.01 Å². The topological polar surface area (TPSA) is 34.1 Å². The molecule has 0 radical (unpaired) electrons. The Balaban J connectivity index is 1.57. The van der Waals surface area contributed by atoms with Crippen molar-refractivity contribution in [1.29, 1.82) is 0 Å². The number of hydrogen-bond donors (Lipinski definition) is 0. The maximum absolute atomic E-state index is 6.48. The van der Waals surface area contributed by atoms with Crippen molar-refractivity contribution < 1.29 is 9.47 Å². The second-order valence-corrected chi connectivity index (χ2v) is 8.21. The number of fused-ring (bicyclic) bond motifs is 3. The van der Waals surface area contributed by atoms with Crippen molar-refractivity contribution >= 4 is 5.71 Å². The molecule has 0 saturated carbocycles. The molecular weight excluding hydrogens is 372 g/mol. The monoisotopic (exact) mass is 398 g/mol. The molecule has 4 nitrogen and oxygen atoms in total. The Morgan fingerprint density at radius 3 is 2.47 bits per heavy atom. The lowest BCUT2D eigenvalue weighted by atomic mass is 9.95. The molecule has 0 saturated heterocycles. The van der Waals surface area contributed by atoms with Crippen molar-refractivity contribution in [2.45, 2.75) is 38.5 Å². The fraction of sp³-hybridized carbons (Fsp3) is 0.269. The summed E-state index contributed by atoms with van der Waals surface area (Å²) in [5, 5.41) is 7.15. The molecule has 3 aromatic carbocycles. The fourth-order valence-corrected chi connectivity index (χ4v) is 4.26. The number of hydrogen-bond acceptors (Lipinski definition) is 4. The van der Waals surface area contributed by atoms with Gasteiger partial charge in [0.05, 0.1) is 18.9 Å². The third-order valence-electron chi connectivity index (χ3n) is 5.99. The lowest BCUT2D eigenvalue weighted by Gasteiger charge is -2.38. The first-order chi connectivity index (χ1) is 14.6. The minimum absolute atomic E-state index is 0.119. The summed E-state index contributed by atoms with van der Waals surface area (Å²) in [6.07, 6.45) is 0.590. The van der Waals surface area contributed by atoms with E-state index in [-0.39, 0.29) is 12.3 Å². The van der Waals surface area contributed by atoms with Gasteiger partial charge in [0.2, 0.25) is 6.23 Å². The molecule has 5 rings (SSSR count). The molecule has 0 unspecified atom stereocenters. The molecule has 0 aromatic heterocycles. The van der Waals surface area contributed by atoms with Crippen LogP contribution in [0.5, 0.6) is 11.5 Å². The highest BCUT2D eigenvalue weighted by molar-refractivity contribution is 6.01. The number of nitrogens with zero attached hydrogens (tertiary/aromatic N) is 2. The third-order valence-corrected chi connectivity index (χ3v) is 5.99. The highest BCUT2D eigenvalue weighted by Gasteiger charge is 2.41. The van der Waals surface area contributed by atoms with Crippen LogP contribution in [0, 0.1) is 0 Å². The Bertz CT molecular complexity index is 1070. The van der Waals surface area contributed by atoms with Crippen molar-refractivity contribution in [3.8, 4) is 11.5 Å². The first kappa shape index (κ1) is 18.7. The first-order valence-corrected chi connectivity index (χ1v) is 10.5. The van der Waals surface area contributed by atoms with E-state index >= 15 is 0 Å². The molecule has 3 aromatic rings. The smallest absolute Gasteiger partial charge is 0.213 e. The van der Waals surface area contributed by atoms with Crippen LogP contribution in [0.15, 0.2) is 77.9 Å². The normalized spacial score (nSPS) is 19.7. The standard InChI is InChI=1S/C26H26N2O2/c1-17(2)18-9-11-20(12-10-18)26-28-24(16-23(27-28)19-7-5-4-6-8-19)22-15-21(29-3)13-14-25(22)30-26/h4-15,17,24,26H,16H2,1-3H3/t24-,26+/m0/s1. The number of rotatable bonds is 4. The van der Waals surface area contributed by atoms with Gasteiger partial charge < -0.3 is 9.47 Å². The van der Waals surface area contributed by atoms with E-state index in [0.717, 1.165) is 40.3 Å². The second kappa shape index (κ2) is 7.52. The third kappa shape index (κ3) is 3.22. The van der Waals surface area contributed by atoms with Crippen LogP contribution in [0.1, 0.15) is 60.7 Å². The lowest BCUT2D eigenvalue weighted by Crippen LogP contribution is -2.33. The summed E-state index contributed by atoms with van der Waals surface area (Å²) in [5.41, 5.74) is 5.81. The van der Waals surface area contributed by atoms with E-state index < -0.39 is 0 Å². The van der Waals surface area contributed by atoms with Gasteiger partial charge in [-0.2, -0.15) is 5.10 Å².